The van der Waals surface area contributed by atoms with Crippen LogP contribution in [0.5, 0.6) is 0 Å². The molecular weight excluding hydrogens is 429 g/mol. The molecule has 9 heteroatoms. The standard InChI is InChI=1S/C18H14Cl3N3O2S/c1-2-24-17(26)11-5-3-4-6-14(11)22-18(24)27-9-15(25)23-16-12(20)7-10(19)8-13(16)21/h3-8H,2,9H2,1H3,(H,23,25). The number of amides is 1. The summed E-state index contributed by atoms with van der Waals surface area (Å²) >= 11 is 19.2. The molecule has 2 aromatic carbocycles. The Balaban J connectivity index is 1.81. The van der Waals surface area contributed by atoms with Crippen LogP contribution >= 0.6 is 46.6 Å². The quantitative estimate of drug-likeness (QED) is 0.441. The van der Waals surface area contributed by atoms with Crippen LogP contribution in [0, 0.1) is 0 Å². The molecule has 0 saturated heterocycles. The lowest BCUT2D eigenvalue weighted by atomic mass is 10.2. The number of fused-ring (bicyclic) bond motifs is 1. The Morgan fingerprint density at radius 1 is 1.19 bits per heavy atom. The van der Waals surface area contributed by atoms with Gasteiger partial charge in [0.25, 0.3) is 5.56 Å². The number of anilines is 1. The van der Waals surface area contributed by atoms with Crippen molar-refractivity contribution in [2.45, 2.75) is 18.6 Å². The van der Waals surface area contributed by atoms with Gasteiger partial charge in [-0.3, -0.25) is 14.2 Å². The molecule has 0 spiro atoms. The maximum Gasteiger partial charge on any atom is 0.262 e. The fourth-order valence-corrected chi connectivity index (χ4v) is 4.28. The van der Waals surface area contributed by atoms with Gasteiger partial charge in [-0.15, -0.1) is 0 Å². The van der Waals surface area contributed by atoms with E-state index in [0.29, 0.717) is 33.3 Å². The molecule has 3 rings (SSSR count). The Morgan fingerprint density at radius 2 is 1.85 bits per heavy atom. The van der Waals surface area contributed by atoms with Crippen LogP contribution in [0.2, 0.25) is 15.1 Å². The fraction of sp³-hybridized carbons (Fsp3) is 0.167. The SMILES string of the molecule is CCn1c(SCC(=O)Nc2c(Cl)cc(Cl)cc2Cl)nc2ccccc2c1=O. The molecule has 0 aliphatic heterocycles. The Morgan fingerprint density at radius 3 is 2.52 bits per heavy atom. The van der Waals surface area contributed by atoms with Gasteiger partial charge in [-0.25, -0.2) is 4.98 Å². The summed E-state index contributed by atoms with van der Waals surface area (Å²) in [5, 5.41) is 4.57. The molecule has 5 nitrogen and oxygen atoms in total. The van der Waals surface area contributed by atoms with Gasteiger partial charge < -0.3 is 5.32 Å². The van der Waals surface area contributed by atoms with E-state index in [9.17, 15) is 9.59 Å². The minimum absolute atomic E-state index is 0.0417. The number of carbonyl (C=O) groups excluding carboxylic acids is 1. The highest BCUT2D eigenvalue weighted by molar-refractivity contribution is 7.99. The van der Waals surface area contributed by atoms with Crippen LogP contribution in [0.25, 0.3) is 10.9 Å². The number of aromatic nitrogens is 2. The van der Waals surface area contributed by atoms with Gasteiger partial charge >= 0.3 is 0 Å². The molecule has 0 aliphatic carbocycles. The summed E-state index contributed by atoms with van der Waals surface area (Å²) < 4.78 is 1.54. The van der Waals surface area contributed by atoms with Crippen LogP contribution in [0.15, 0.2) is 46.3 Å². The first-order valence-electron chi connectivity index (χ1n) is 7.97. The molecule has 0 fully saturated rings. The molecule has 0 saturated carbocycles. The summed E-state index contributed by atoms with van der Waals surface area (Å²) in [5.74, 6) is -0.281. The molecule has 0 radical (unpaired) electrons. The normalized spacial score (nSPS) is 11.0. The Bertz CT molecular complexity index is 1060. The van der Waals surface area contributed by atoms with Crippen molar-refractivity contribution in [1.29, 1.82) is 0 Å². The largest absolute Gasteiger partial charge is 0.323 e. The van der Waals surface area contributed by atoms with Crippen molar-refractivity contribution in [3.8, 4) is 0 Å². The van der Waals surface area contributed by atoms with Gasteiger partial charge in [0.1, 0.15) is 0 Å². The summed E-state index contributed by atoms with van der Waals surface area (Å²) in [6.07, 6.45) is 0. The van der Waals surface area contributed by atoms with Gasteiger partial charge in [-0.1, -0.05) is 58.7 Å². The van der Waals surface area contributed by atoms with Crippen molar-refractivity contribution in [3.05, 3.63) is 61.8 Å². The molecule has 1 amide bonds. The minimum atomic E-state index is -0.323. The third-order valence-electron chi connectivity index (χ3n) is 3.75. The van der Waals surface area contributed by atoms with E-state index in [-0.39, 0.29) is 27.3 Å². The van der Waals surface area contributed by atoms with Crippen molar-refractivity contribution < 1.29 is 4.79 Å². The van der Waals surface area contributed by atoms with E-state index in [1.54, 1.807) is 22.8 Å². The number of halogens is 3. The van der Waals surface area contributed by atoms with E-state index in [1.807, 2.05) is 13.0 Å². The molecule has 0 aliphatic rings. The fourth-order valence-electron chi connectivity index (χ4n) is 2.50. The number of thioether (sulfide) groups is 1. The molecule has 1 heterocycles. The Labute approximate surface area is 174 Å². The van der Waals surface area contributed by atoms with E-state index in [0.717, 1.165) is 0 Å². The molecule has 0 unspecified atom stereocenters. The summed E-state index contributed by atoms with van der Waals surface area (Å²) in [6, 6.07) is 10.1. The van der Waals surface area contributed by atoms with E-state index < -0.39 is 0 Å². The molecule has 0 bridgehead atoms. The molecule has 27 heavy (non-hydrogen) atoms. The highest BCUT2D eigenvalue weighted by atomic mass is 35.5. The maximum absolute atomic E-state index is 12.6. The third-order valence-corrected chi connectivity index (χ3v) is 5.54. The van der Waals surface area contributed by atoms with Gasteiger partial charge in [0.15, 0.2) is 5.16 Å². The van der Waals surface area contributed by atoms with Crippen molar-refractivity contribution in [3.63, 3.8) is 0 Å². The number of hydrogen-bond acceptors (Lipinski definition) is 4. The number of hydrogen-bond donors (Lipinski definition) is 1. The zero-order valence-electron chi connectivity index (χ0n) is 14.1. The smallest absolute Gasteiger partial charge is 0.262 e. The van der Waals surface area contributed by atoms with Crippen molar-refractivity contribution in [2.24, 2.45) is 0 Å². The van der Waals surface area contributed by atoms with Crippen molar-refractivity contribution in [1.82, 2.24) is 9.55 Å². The molecule has 0 atom stereocenters. The second kappa shape index (κ2) is 8.52. The summed E-state index contributed by atoms with van der Waals surface area (Å²) in [5.41, 5.74) is 0.765. The topological polar surface area (TPSA) is 64.0 Å². The summed E-state index contributed by atoms with van der Waals surface area (Å²) in [4.78, 5) is 29.4. The number of carbonyl (C=O) groups is 1. The first-order chi connectivity index (χ1) is 12.9. The number of nitrogens with zero attached hydrogens (tertiary/aromatic N) is 2. The third kappa shape index (κ3) is 4.41. The number of rotatable bonds is 5. The van der Waals surface area contributed by atoms with Crippen molar-refractivity contribution in [2.75, 3.05) is 11.1 Å². The highest BCUT2D eigenvalue weighted by Gasteiger charge is 2.14. The van der Waals surface area contributed by atoms with Crippen LogP contribution in [0.3, 0.4) is 0 Å². The number of para-hydroxylation sites is 1. The Hall–Kier alpha value is -1.73. The number of nitrogens with one attached hydrogen (secondary N) is 1. The molecule has 140 valence electrons. The van der Waals surface area contributed by atoms with Gasteiger partial charge in [0.05, 0.1) is 32.4 Å². The first-order valence-corrected chi connectivity index (χ1v) is 10.1. The molecular formula is C18H14Cl3N3O2S. The van der Waals surface area contributed by atoms with Crippen LogP contribution in [-0.4, -0.2) is 21.2 Å². The Kier molecular flexibility index (Phi) is 6.32. The molecule has 3 aromatic rings. The van der Waals surface area contributed by atoms with E-state index >= 15 is 0 Å². The van der Waals surface area contributed by atoms with E-state index in [4.69, 9.17) is 34.8 Å². The lowest BCUT2D eigenvalue weighted by molar-refractivity contribution is -0.113. The van der Waals surface area contributed by atoms with E-state index in [1.165, 1.54) is 23.9 Å². The van der Waals surface area contributed by atoms with Crippen LogP contribution < -0.4 is 10.9 Å². The highest BCUT2D eigenvalue weighted by Crippen LogP contribution is 2.33. The second-order valence-electron chi connectivity index (χ2n) is 5.54. The summed E-state index contributed by atoms with van der Waals surface area (Å²) in [7, 11) is 0. The minimum Gasteiger partial charge on any atom is -0.323 e. The average Bonchev–Trinajstić information content (AvgIpc) is 2.63. The summed E-state index contributed by atoms with van der Waals surface area (Å²) in [6.45, 7) is 2.31. The molecule has 1 aromatic heterocycles. The van der Waals surface area contributed by atoms with Crippen LogP contribution in [0.1, 0.15) is 6.92 Å². The average molecular weight is 443 g/mol. The lowest BCUT2D eigenvalue weighted by Crippen LogP contribution is -2.23. The van der Waals surface area contributed by atoms with Gasteiger partial charge in [0.2, 0.25) is 5.91 Å². The zero-order chi connectivity index (χ0) is 19.6. The van der Waals surface area contributed by atoms with Crippen LogP contribution in [-0.2, 0) is 11.3 Å². The second-order valence-corrected chi connectivity index (χ2v) is 7.74. The maximum atomic E-state index is 12.6. The van der Waals surface area contributed by atoms with Gasteiger partial charge in [-0.05, 0) is 31.2 Å². The molecule has 1 N–H and O–H groups in total. The van der Waals surface area contributed by atoms with Crippen molar-refractivity contribution >= 4 is 69.1 Å². The number of benzene rings is 2. The van der Waals surface area contributed by atoms with Gasteiger partial charge in [-0.2, -0.15) is 0 Å². The predicted octanol–water partition coefficient (Wildman–Crippen LogP) is 5.11. The van der Waals surface area contributed by atoms with Gasteiger partial charge in [0, 0.05) is 11.6 Å². The van der Waals surface area contributed by atoms with Crippen LogP contribution in [0.4, 0.5) is 5.69 Å². The first kappa shape index (κ1) is 20.0. The zero-order valence-corrected chi connectivity index (χ0v) is 17.2. The predicted molar refractivity (Wildman–Crippen MR) is 113 cm³/mol. The monoisotopic (exact) mass is 441 g/mol. The lowest BCUT2D eigenvalue weighted by Gasteiger charge is -2.12. The van der Waals surface area contributed by atoms with E-state index in [2.05, 4.69) is 10.3 Å².